The molecule has 0 saturated heterocycles. The number of imide groups is 2. The first kappa shape index (κ1) is 31.1. The van der Waals surface area contributed by atoms with Crippen molar-refractivity contribution in [2.24, 2.45) is 0 Å². The molecule has 7 aromatic rings. The molecule has 2 N–H and O–H groups in total. The monoisotopic (exact) mass is 684 g/mol. The van der Waals surface area contributed by atoms with Crippen LogP contribution in [-0.2, 0) is 9.59 Å². The van der Waals surface area contributed by atoms with Gasteiger partial charge in [0, 0.05) is 47.1 Å². The van der Waals surface area contributed by atoms with Gasteiger partial charge in [0.05, 0.1) is 0 Å². The van der Waals surface area contributed by atoms with E-state index in [1.165, 1.54) is 14.1 Å². The Labute approximate surface area is 295 Å². The standard InChI is InChI=1S/C42H28N4O6/c1-43-37(47)35(21-9-5-3-6-10-21)45-39(49)27-17-13-23-25-15-19-29-34-30(20-16-26(32(25)34)24-14-18-28(40(45)50)33(27)31(23)24)42(52)46(41(29)51)36(38(48)44-2)22-11-7-4-8-12-22/h3-20,35-36H,1-2H3,(H,43,47)(H,44,48). The molecule has 0 spiro atoms. The lowest BCUT2D eigenvalue weighted by Crippen LogP contribution is -2.48. The average Bonchev–Trinajstić information content (AvgIpc) is 3.18. The summed E-state index contributed by atoms with van der Waals surface area (Å²) in [6.45, 7) is 0. The zero-order valence-electron chi connectivity index (χ0n) is 27.9. The third-order valence-corrected chi connectivity index (χ3v) is 10.4. The number of likely N-dealkylation sites (N-methyl/N-ethyl adjacent to an activating group) is 2. The second-order valence-corrected chi connectivity index (χ2v) is 13.0. The van der Waals surface area contributed by atoms with Crippen LogP contribution in [-0.4, -0.2) is 59.3 Å². The number of hydrogen-bond acceptors (Lipinski definition) is 6. The van der Waals surface area contributed by atoms with Crippen LogP contribution in [0.15, 0.2) is 109 Å². The maximum absolute atomic E-state index is 14.3. The molecule has 0 saturated carbocycles. The van der Waals surface area contributed by atoms with Crippen LogP contribution >= 0.6 is 0 Å². The normalized spacial score (nSPS) is 15.2. The number of carbonyl (C=O) groups is 6. The second-order valence-electron chi connectivity index (χ2n) is 13.0. The molecule has 2 aliphatic heterocycles. The highest BCUT2D eigenvalue weighted by atomic mass is 16.2. The number of carbonyl (C=O) groups excluding carboxylic acids is 6. The van der Waals surface area contributed by atoms with E-state index >= 15 is 0 Å². The van der Waals surface area contributed by atoms with Gasteiger partial charge in [-0.2, -0.15) is 0 Å². The smallest absolute Gasteiger partial charge is 0.262 e. The lowest BCUT2D eigenvalue weighted by molar-refractivity contribution is -0.125. The Morgan fingerprint density at radius 1 is 0.423 bits per heavy atom. The van der Waals surface area contributed by atoms with Crippen molar-refractivity contribution >= 4 is 78.5 Å². The van der Waals surface area contributed by atoms with Gasteiger partial charge in [0.2, 0.25) is 11.8 Å². The SMILES string of the molecule is CNC(=O)C(c1ccccc1)N1C(=O)c2ccc3c4ccc5c6c(ccc(c7ccc(c2c37)C1=O)c64)C(=O)N(C(C(=O)NC)c1ccccc1)C5=O. The van der Waals surface area contributed by atoms with E-state index in [0.29, 0.717) is 32.7 Å². The van der Waals surface area contributed by atoms with E-state index in [1.807, 2.05) is 24.3 Å². The van der Waals surface area contributed by atoms with Crippen LogP contribution in [0.25, 0.3) is 43.1 Å². The van der Waals surface area contributed by atoms with Crippen molar-refractivity contribution in [3.63, 3.8) is 0 Å². The summed E-state index contributed by atoms with van der Waals surface area (Å²) < 4.78 is 0. The van der Waals surface area contributed by atoms with E-state index in [2.05, 4.69) is 10.6 Å². The van der Waals surface area contributed by atoms with E-state index in [9.17, 15) is 28.8 Å². The molecule has 10 heteroatoms. The Kier molecular flexibility index (Phi) is 6.75. The first-order valence-corrected chi connectivity index (χ1v) is 16.8. The fraction of sp³-hybridized carbons (Fsp3) is 0.0952. The Morgan fingerprint density at radius 3 is 0.981 bits per heavy atom. The summed E-state index contributed by atoms with van der Waals surface area (Å²) in [6, 6.07) is 29.0. The predicted octanol–water partition coefficient (Wildman–Crippen LogP) is 5.90. The molecule has 7 aromatic carbocycles. The van der Waals surface area contributed by atoms with Gasteiger partial charge < -0.3 is 10.6 Å². The molecular formula is C42H28N4O6. The molecule has 252 valence electrons. The molecule has 0 aromatic heterocycles. The highest BCUT2D eigenvalue weighted by Gasteiger charge is 2.44. The summed E-state index contributed by atoms with van der Waals surface area (Å²) in [5.74, 6) is -3.34. The van der Waals surface area contributed by atoms with E-state index in [4.69, 9.17) is 0 Å². The minimum absolute atomic E-state index is 0.288. The van der Waals surface area contributed by atoms with Crippen molar-refractivity contribution in [3.8, 4) is 0 Å². The van der Waals surface area contributed by atoms with E-state index < -0.39 is 47.5 Å². The summed E-state index contributed by atoms with van der Waals surface area (Å²) in [5, 5.41) is 10.5. The van der Waals surface area contributed by atoms with Crippen molar-refractivity contribution in [1.29, 1.82) is 0 Å². The number of nitrogens with one attached hydrogen (secondary N) is 2. The van der Waals surface area contributed by atoms with Crippen LogP contribution in [0, 0.1) is 0 Å². The van der Waals surface area contributed by atoms with E-state index in [1.54, 1.807) is 84.9 Å². The largest absolute Gasteiger partial charge is 0.357 e. The van der Waals surface area contributed by atoms with Gasteiger partial charge in [0.1, 0.15) is 12.1 Å². The molecule has 6 amide bonds. The molecule has 2 unspecified atom stereocenters. The minimum atomic E-state index is -1.18. The molecule has 0 bridgehead atoms. The van der Waals surface area contributed by atoms with Gasteiger partial charge >= 0.3 is 0 Å². The van der Waals surface area contributed by atoms with Crippen LogP contribution in [0.3, 0.4) is 0 Å². The van der Waals surface area contributed by atoms with Gasteiger partial charge in [-0.25, -0.2) is 0 Å². The highest BCUT2D eigenvalue weighted by molar-refractivity contribution is 6.41. The zero-order chi connectivity index (χ0) is 36.0. The third kappa shape index (κ3) is 4.06. The van der Waals surface area contributed by atoms with Crippen LogP contribution < -0.4 is 10.6 Å². The van der Waals surface area contributed by atoms with Gasteiger partial charge in [-0.1, -0.05) is 84.9 Å². The number of rotatable bonds is 6. The minimum Gasteiger partial charge on any atom is -0.357 e. The molecule has 52 heavy (non-hydrogen) atoms. The maximum atomic E-state index is 14.3. The molecule has 2 heterocycles. The van der Waals surface area contributed by atoms with Gasteiger partial charge in [-0.15, -0.1) is 0 Å². The summed E-state index contributed by atoms with van der Waals surface area (Å²) in [6.07, 6.45) is 0. The van der Waals surface area contributed by atoms with Crippen molar-refractivity contribution in [2.45, 2.75) is 12.1 Å². The molecule has 10 nitrogen and oxygen atoms in total. The lowest BCUT2D eigenvalue weighted by Gasteiger charge is -2.34. The zero-order valence-corrected chi connectivity index (χ0v) is 27.9. The van der Waals surface area contributed by atoms with Gasteiger partial charge in [-0.3, -0.25) is 38.6 Å². The summed E-state index contributed by atoms with van der Waals surface area (Å²) >= 11 is 0. The number of amides is 6. The Bertz CT molecular complexity index is 2430. The fourth-order valence-electron chi connectivity index (χ4n) is 8.15. The number of hydrogen-bond donors (Lipinski definition) is 2. The molecule has 0 fully saturated rings. The van der Waals surface area contributed by atoms with Gasteiger partial charge in [0.25, 0.3) is 23.6 Å². The molecule has 0 aliphatic carbocycles. The van der Waals surface area contributed by atoms with Crippen LogP contribution in [0.1, 0.15) is 64.6 Å². The molecule has 2 aliphatic rings. The quantitative estimate of drug-likeness (QED) is 0.127. The second kappa shape index (κ2) is 11.3. The van der Waals surface area contributed by atoms with Gasteiger partial charge in [-0.05, 0) is 67.7 Å². The van der Waals surface area contributed by atoms with Crippen molar-refractivity contribution in [3.05, 3.63) is 143 Å². The first-order valence-electron chi connectivity index (χ1n) is 16.8. The fourth-order valence-corrected chi connectivity index (χ4v) is 8.15. The van der Waals surface area contributed by atoms with Crippen LogP contribution in [0.5, 0.6) is 0 Å². The first-order chi connectivity index (χ1) is 25.3. The van der Waals surface area contributed by atoms with Crippen molar-refractivity contribution in [2.75, 3.05) is 14.1 Å². The Morgan fingerprint density at radius 2 is 0.712 bits per heavy atom. The Balaban J connectivity index is 1.25. The number of fused-ring (bicyclic) bond motifs is 2. The number of benzene rings is 7. The van der Waals surface area contributed by atoms with Crippen molar-refractivity contribution < 1.29 is 28.8 Å². The van der Waals surface area contributed by atoms with Crippen LogP contribution in [0.2, 0.25) is 0 Å². The maximum Gasteiger partial charge on any atom is 0.262 e. The lowest BCUT2D eigenvalue weighted by atomic mass is 9.81. The summed E-state index contributed by atoms with van der Waals surface area (Å²) in [5.41, 5.74) is 2.15. The van der Waals surface area contributed by atoms with E-state index in [-0.39, 0.29) is 22.3 Å². The molecule has 0 radical (unpaired) electrons. The molecular weight excluding hydrogens is 656 g/mol. The average molecular weight is 685 g/mol. The van der Waals surface area contributed by atoms with Crippen molar-refractivity contribution in [1.82, 2.24) is 20.4 Å². The van der Waals surface area contributed by atoms with Gasteiger partial charge in [0.15, 0.2) is 0 Å². The van der Waals surface area contributed by atoms with E-state index in [0.717, 1.165) is 31.3 Å². The highest BCUT2D eigenvalue weighted by Crippen LogP contribution is 2.47. The van der Waals surface area contributed by atoms with Crippen LogP contribution in [0.4, 0.5) is 0 Å². The number of nitrogens with zero attached hydrogens (tertiary/aromatic N) is 2. The molecule has 9 rings (SSSR count). The Hall–Kier alpha value is -6.94. The predicted molar refractivity (Wildman–Crippen MR) is 195 cm³/mol. The topological polar surface area (TPSA) is 133 Å². The molecule has 2 atom stereocenters. The summed E-state index contributed by atoms with van der Waals surface area (Å²) in [4.78, 5) is 85.7. The third-order valence-electron chi connectivity index (χ3n) is 10.4. The summed E-state index contributed by atoms with van der Waals surface area (Å²) in [7, 11) is 2.93.